The number of hydrogen-bond donors (Lipinski definition) is 2. The highest BCUT2D eigenvalue weighted by Crippen LogP contribution is 2.12. The van der Waals surface area contributed by atoms with E-state index in [0.29, 0.717) is 5.69 Å². The molecule has 0 amide bonds. The molecule has 72 valence electrons. The van der Waals surface area contributed by atoms with E-state index in [1.165, 1.54) is 25.6 Å². The molecule has 13 heavy (non-hydrogen) atoms. The Hall–Kier alpha value is -1.62. The van der Waals surface area contributed by atoms with Gasteiger partial charge in [-0.3, -0.25) is 15.3 Å². The molecule has 0 spiro atoms. The van der Waals surface area contributed by atoms with Crippen molar-refractivity contribution in [1.82, 2.24) is 4.98 Å². The van der Waals surface area contributed by atoms with Crippen LogP contribution in [-0.4, -0.2) is 23.2 Å². The zero-order chi connectivity index (χ0) is 8.97. The van der Waals surface area contributed by atoms with Gasteiger partial charge in [-0.15, -0.1) is 0 Å². The maximum absolute atomic E-state index is 10.6. The van der Waals surface area contributed by atoms with Crippen molar-refractivity contribution in [3.05, 3.63) is 24.0 Å². The Balaban J connectivity index is 0.00000144. The van der Waals surface area contributed by atoms with E-state index in [4.69, 9.17) is 5.11 Å². The average molecular weight is 184 g/mol. The summed E-state index contributed by atoms with van der Waals surface area (Å²) in [7, 11) is 1.41. The molecular weight excluding hydrogens is 172 g/mol. The number of carbonyl (C=O) groups is 1. The monoisotopic (exact) mass is 184 g/mol. The third-order valence-electron chi connectivity index (χ3n) is 1.26. The minimum Gasteiger partial charge on any atom is -0.478 e. The van der Waals surface area contributed by atoms with Crippen molar-refractivity contribution in [2.45, 2.75) is 7.43 Å². The number of pyridine rings is 1. The van der Waals surface area contributed by atoms with Gasteiger partial charge in [0.25, 0.3) is 0 Å². The molecule has 1 rings (SSSR count). The number of rotatable bonds is 3. The molecule has 2 N–H and O–H groups in total. The summed E-state index contributed by atoms with van der Waals surface area (Å²) in [5.74, 6) is -1.04. The van der Waals surface area contributed by atoms with Crippen molar-refractivity contribution in [2.75, 3.05) is 12.6 Å². The molecule has 5 heteroatoms. The highest BCUT2D eigenvalue weighted by molar-refractivity contribution is 5.93. The Morgan fingerprint density at radius 3 is 2.92 bits per heavy atom. The van der Waals surface area contributed by atoms with Gasteiger partial charge in [0.2, 0.25) is 0 Å². The predicted molar refractivity (Wildman–Crippen MR) is 48.6 cm³/mol. The van der Waals surface area contributed by atoms with Gasteiger partial charge in [-0.05, 0) is 6.07 Å². The maximum atomic E-state index is 10.6. The summed E-state index contributed by atoms with van der Waals surface area (Å²) in [4.78, 5) is 18.8. The van der Waals surface area contributed by atoms with E-state index < -0.39 is 5.97 Å². The number of carboxylic acids is 1. The van der Waals surface area contributed by atoms with Crippen LogP contribution >= 0.6 is 0 Å². The molecule has 1 aromatic heterocycles. The number of aromatic nitrogens is 1. The van der Waals surface area contributed by atoms with Crippen LogP contribution in [0.2, 0.25) is 0 Å². The van der Waals surface area contributed by atoms with Crippen LogP contribution < -0.4 is 5.48 Å². The van der Waals surface area contributed by atoms with Crippen LogP contribution in [0, 0.1) is 0 Å². The Kier molecular flexibility index (Phi) is 4.47. The fraction of sp³-hybridized carbons (Fsp3) is 0.250. The fourth-order valence-electron chi connectivity index (χ4n) is 0.764. The summed E-state index contributed by atoms with van der Waals surface area (Å²) in [6.45, 7) is 0. The third-order valence-corrected chi connectivity index (χ3v) is 1.26. The second kappa shape index (κ2) is 5.10. The Morgan fingerprint density at radius 2 is 2.38 bits per heavy atom. The second-order valence-electron chi connectivity index (χ2n) is 2.03. The number of anilines is 1. The van der Waals surface area contributed by atoms with Crippen LogP contribution in [0.4, 0.5) is 5.69 Å². The van der Waals surface area contributed by atoms with E-state index in [1.807, 2.05) is 0 Å². The summed E-state index contributed by atoms with van der Waals surface area (Å²) >= 11 is 0. The zero-order valence-electron chi connectivity index (χ0n) is 6.44. The summed E-state index contributed by atoms with van der Waals surface area (Å²) < 4.78 is 0. The first kappa shape index (κ1) is 11.4. The normalized spacial score (nSPS) is 8.69. The van der Waals surface area contributed by atoms with E-state index in [9.17, 15) is 4.79 Å². The molecule has 0 aliphatic heterocycles. The quantitative estimate of drug-likeness (QED) is 0.694. The maximum Gasteiger partial charge on any atom is 0.339 e. The number of nitrogens with zero attached hydrogens (tertiary/aromatic N) is 1. The van der Waals surface area contributed by atoms with Crippen LogP contribution in [-0.2, 0) is 4.84 Å². The molecule has 0 aliphatic rings. The van der Waals surface area contributed by atoms with Gasteiger partial charge in [0, 0.05) is 12.4 Å². The number of aromatic carboxylic acids is 1. The van der Waals surface area contributed by atoms with Gasteiger partial charge in [-0.2, -0.15) is 0 Å². The highest BCUT2D eigenvalue weighted by atomic mass is 16.6. The number of nitrogens with one attached hydrogen (secondary N) is 1. The van der Waals surface area contributed by atoms with Gasteiger partial charge in [0.05, 0.1) is 12.8 Å². The molecule has 0 radical (unpaired) electrons. The van der Waals surface area contributed by atoms with Crippen molar-refractivity contribution in [3.8, 4) is 0 Å². The Bertz CT molecular complexity index is 288. The number of carboxylic acid groups (broad SMARTS) is 1. The molecule has 0 bridgehead atoms. The zero-order valence-corrected chi connectivity index (χ0v) is 6.44. The lowest BCUT2D eigenvalue weighted by Gasteiger charge is -2.04. The van der Waals surface area contributed by atoms with Crippen LogP contribution in [0.5, 0.6) is 0 Å². The molecule has 5 nitrogen and oxygen atoms in total. The molecule has 0 unspecified atom stereocenters. The van der Waals surface area contributed by atoms with Crippen molar-refractivity contribution >= 4 is 11.7 Å². The van der Waals surface area contributed by atoms with E-state index in [0.717, 1.165) is 0 Å². The van der Waals surface area contributed by atoms with Crippen LogP contribution in [0.3, 0.4) is 0 Å². The lowest BCUT2D eigenvalue weighted by molar-refractivity contribution is 0.0696. The summed E-state index contributed by atoms with van der Waals surface area (Å²) in [5, 5.41) is 8.66. The predicted octanol–water partition coefficient (Wildman–Crippen LogP) is 1.39. The van der Waals surface area contributed by atoms with Gasteiger partial charge in [0.15, 0.2) is 0 Å². The minimum atomic E-state index is -1.04. The third kappa shape index (κ3) is 2.72. The standard InChI is InChI=1S/C7H8N2O3.CH4/c1-12-9-6-2-3-8-4-5(6)7(10)11;/h2-4H,1H3,(H,8,9)(H,10,11);1H4. The lowest BCUT2D eigenvalue weighted by Crippen LogP contribution is -2.05. The van der Waals surface area contributed by atoms with Crippen molar-refractivity contribution in [3.63, 3.8) is 0 Å². The van der Waals surface area contributed by atoms with Gasteiger partial charge >= 0.3 is 5.97 Å². The highest BCUT2D eigenvalue weighted by Gasteiger charge is 2.08. The SMILES string of the molecule is C.CONc1ccncc1C(=O)O. The Morgan fingerprint density at radius 1 is 1.69 bits per heavy atom. The van der Waals surface area contributed by atoms with Crippen molar-refractivity contribution < 1.29 is 14.7 Å². The molecular formula is C8H12N2O3. The molecule has 0 atom stereocenters. The Labute approximate surface area is 76.3 Å². The van der Waals surface area contributed by atoms with E-state index in [-0.39, 0.29) is 13.0 Å². The van der Waals surface area contributed by atoms with E-state index >= 15 is 0 Å². The molecule has 0 saturated heterocycles. The first-order chi connectivity index (χ1) is 5.75. The van der Waals surface area contributed by atoms with Gasteiger partial charge < -0.3 is 5.11 Å². The molecule has 0 aliphatic carbocycles. The van der Waals surface area contributed by atoms with Gasteiger partial charge in [-0.25, -0.2) is 4.79 Å². The summed E-state index contributed by atoms with van der Waals surface area (Å²) in [6.07, 6.45) is 2.73. The minimum absolute atomic E-state index is 0. The second-order valence-corrected chi connectivity index (χ2v) is 2.03. The topological polar surface area (TPSA) is 71.5 Å². The number of hydrogen-bond acceptors (Lipinski definition) is 4. The van der Waals surface area contributed by atoms with Crippen LogP contribution in [0.25, 0.3) is 0 Å². The molecule has 0 fully saturated rings. The molecule has 1 heterocycles. The van der Waals surface area contributed by atoms with Crippen LogP contribution in [0.15, 0.2) is 18.5 Å². The lowest BCUT2D eigenvalue weighted by atomic mass is 10.2. The van der Waals surface area contributed by atoms with Crippen molar-refractivity contribution in [1.29, 1.82) is 0 Å². The summed E-state index contributed by atoms with van der Waals surface area (Å²) in [5.41, 5.74) is 2.91. The molecule has 0 saturated carbocycles. The van der Waals surface area contributed by atoms with Gasteiger partial charge in [0.1, 0.15) is 5.56 Å². The van der Waals surface area contributed by atoms with E-state index in [1.54, 1.807) is 0 Å². The molecule has 0 aromatic carbocycles. The fourth-order valence-corrected chi connectivity index (χ4v) is 0.764. The average Bonchev–Trinajstić information content (AvgIpc) is 2.05. The largest absolute Gasteiger partial charge is 0.478 e. The molecule has 1 aromatic rings. The first-order valence-electron chi connectivity index (χ1n) is 3.22. The van der Waals surface area contributed by atoms with Crippen molar-refractivity contribution in [2.24, 2.45) is 0 Å². The first-order valence-corrected chi connectivity index (χ1v) is 3.22. The smallest absolute Gasteiger partial charge is 0.339 e. The van der Waals surface area contributed by atoms with E-state index in [2.05, 4.69) is 15.3 Å². The van der Waals surface area contributed by atoms with Gasteiger partial charge in [-0.1, -0.05) is 7.43 Å². The van der Waals surface area contributed by atoms with Crippen LogP contribution in [0.1, 0.15) is 17.8 Å². The summed E-state index contributed by atoms with van der Waals surface area (Å²) in [6, 6.07) is 1.52.